The molecular formula is C11H17F4N3O2. The van der Waals surface area contributed by atoms with Crippen LogP contribution in [0.4, 0.5) is 17.6 Å². The molecule has 1 rings (SSSR count). The van der Waals surface area contributed by atoms with Gasteiger partial charge in [0.2, 0.25) is 5.89 Å². The monoisotopic (exact) mass is 299 g/mol. The molecule has 0 bridgehead atoms. The van der Waals surface area contributed by atoms with Crippen molar-refractivity contribution in [1.29, 1.82) is 0 Å². The van der Waals surface area contributed by atoms with Crippen LogP contribution in [0.5, 0.6) is 0 Å². The van der Waals surface area contributed by atoms with E-state index in [0.29, 0.717) is 18.7 Å². The molecule has 0 aliphatic rings. The van der Waals surface area contributed by atoms with Crippen LogP contribution in [0.3, 0.4) is 0 Å². The highest BCUT2D eigenvalue weighted by Crippen LogP contribution is 2.23. The number of hydrogen-bond acceptors (Lipinski definition) is 5. The van der Waals surface area contributed by atoms with Gasteiger partial charge in [-0.25, -0.2) is 8.78 Å². The van der Waals surface area contributed by atoms with E-state index in [4.69, 9.17) is 10.3 Å². The van der Waals surface area contributed by atoms with Gasteiger partial charge in [0.15, 0.2) is 5.82 Å². The van der Waals surface area contributed by atoms with E-state index in [1.165, 1.54) is 0 Å². The summed E-state index contributed by atoms with van der Waals surface area (Å²) in [5, 5.41) is 3.50. The summed E-state index contributed by atoms with van der Waals surface area (Å²) >= 11 is 0. The van der Waals surface area contributed by atoms with Gasteiger partial charge in [-0.15, -0.1) is 0 Å². The van der Waals surface area contributed by atoms with Crippen LogP contribution >= 0.6 is 0 Å². The van der Waals surface area contributed by atoms with Crippen molar-refractivity contribution >= 4 is 0 Å². The van der Waals surface area contributed by atoms with Crippen molar-refractivity contribution in [3.8, 4) is 0 Å². The average Bonchev–Trinajstić information content (AvgIpc) is 2.73. The molecule has 0 aromatic carbocycles. The van der Waals surface area contributed by atoms with Gasteiger partial charge in [-0.05, 0) is 20.3 Å². The number of nitrogens with zero attached hydrogens (tertiary/aromatic N) is 2. The molecule has 0 saturated heterocycles. The van der Waals surface area contributed by atoms with Gasteiger partial charge in [-0.3, -0.25) is 0 Å². The Morgan fingerprint density at radius 2 is 2.00 bits per heavy atom. The average molecular weight is 299 g/mol. The number of aromatic nitrogens is 2. The van der Waals surface area contributed by atoms with E-state index in [1.54, 1.807) is 0 Å². The molecule has 5 nitrogen and oxygen atoms in total. The highest BCUT2D eigenvalue weighted by Gasteiger charge is 2.41. The fraction of sp³-hybridized carbons (Fsp3) is 0.818. The van der Waals surface area contributed by atoms with E-state index in [2.05, 4.69) is 14.9 Å². The van der Waals surface area contributed by atoms with Crippen LogP contribution in [-0.4, -0.2) is 34.6 Å². The Labute approximate surface area is 113 Å². The third-order valence-corrected chi connectivity index (χ3v) is 2.34. The van der Waals surface area contributed by atoms with Crippen molar-refractivity contribution in [2.45, 2.75) is 51.2 Å². The highest BCUT2D eigenvalue weighted by molar-refractivity contribution is 4.87. The van der Waals surface area contributed by atoms with Gasteiger partial charge in [0, 0.05) is 12.0 Å². The number of ether oxygens (including phenoxy) is 1. The zero-order valence-electron chi connectivity index (χ0n) is 11.2. The van der Waals surface area contributed by atoms with Crippen molar-refractivity contribution in [3.63, 3.8) is 0 Å². The van der Waals surface area contributed by atoms with Gasteiger partial charge < -0.3 is 15.0 Å². The Morgan fingerprint density at radius 1 is 1.35 bits per heavy atom. The Hall–Kier alpha value is -1.22. The number of hydrogen-bond donors (Lipinski definition) is 1. The quantitative estimate of drug-likeness (QED) is 0.745. The Kier molecular flexibility index (Phi) is 5.46. The summed E-state index contributed by atoms with van der Waals surface area (Å²) < 4.78 is 58.2. The summed E-state index contributed by atoms with van der Waals surface area (Å²) in [5.74, 6) is -3.86. The molecule has 0 radical (unpaired) electrons. The van der Waals surface area contributed by atoms with E-state index in [-0.39, 0.29) is 5.82 Å². The lowest BCUT2D eigenvalue weighted by atomic mass is 10.0. The van der Waals surface area contributed by atoms with E-state index in [1.807, 2.05) is 13.8 Å². The van der Waals surface area contributed by atoms with Crippen LogP contribution in [0.1, 0.15) is 32.0 Å². The second kappa shape index (κ2) is 6.49. The van der Waals surface area contributed by atoms with E-state index in [0.717, 1.165) is 0 Å². The Bertz CT molecular complexity index is 418. The zero-order valence-corrected chi connectivity index (χ0v) is 11.2. The number of alkyl halides is 4. The van der Waals surface area contributed by atoms with Crippen molar-refractivity contribution in [1.82, 2.24) is 10.1 Å². The number of halogens is 4. The molecule has 0 saturated carbocycles. The summed E-state index contributed by atoms with van der Waals surface area (Å²) in [5.41, 5.74) is 5.38. The minimum atomic E-state index is -4.18. The summed E-state index contributed by atoms with van der Waals surface area (Å²) in [6, 6.07) is 0. The zero-order chi connectivity index (χ0) is 15.4. The van der Waals surface area contributed by atoms with Crippen molar-refractivity contribution in [2.75, 3.05) is 6.61 Å². The van der Waals surface area contributed by atoms with Crippen LogP contribution in [0.25, 0.3) is 0 Å². The lowest BCUT2D eigenvalue weighted by Gasteiger charge is -2.16. The van der Waals surface area contributed by atoms with Crippen molar-refractivity contribution < 1.29 is 26.8 Å². The molecular weight excluding hydrogens is 282 g/mol. The first kappa shape index (κ1) is 16.8. The maximum atomic E-state index is 12.6. The van der Waals surface area contributed by atoms with E-state index >= 15 is 0 Å². The number of aryl methyl sites for hydroxylation is 1. The molecule has 0 amide bonds. The second-order valence-electron chi connectivity index (χ2n) is 5.15. The first-order chi connectivity index (χ1) is 9.10. The molecule has 0 unspecified atom stereocenters. The molecule has 9 heteroatoms. The Balaban J connectivity index is 2.38. The topological polar surface area (TPSA) is 74.2 Å². The summed E-state index contributed by atoms with van der Waals surface area (Å²) in [6.07, 6.45) is -2.74. The first-order valence-corrected chi connectivity index (χ1v) is 5.94. The third kappa shape index (κ3) is 5.83. The minimum absolute atomic E-state index is 0.0277. The van der Waals surface area contributed by atoms with Gasteiger partial charge in [0.05, 0.1) is 0 Å². The molecule has 1 heterocycles. The van der Waals surface area contributed by atoms with Crippen molar-refractivity contribution in [2.24, 2.45) is 5.73 Å². The fourth-order valence-corrected chi connectivity index (χ4v) is 1.22. The van der Waals surface area contributed by atoms with Gasteiger partial charge in [-0.2, -0.15) is 13.8 Å². The molecule has 2 N–H and O–H groups in total. The van der Waals surface area contributed by atoms with Gasteiger partial charge >= 0.3 is 12.3 Å². The summed E-state index contributed by atoms with van der Waals surface area (Å²) in [4.78, 5) is 3.89. The first-order valence-electron chi connectivity index (χ1n) is 5.94. The Morgan fingerprint density at radius 3 is 2.55 bits per heavy atom. The van der Waals surface area contributed by atoms with Crippen LogP contribution in [0.15, 0.2) is 4.52 Å². The summed E-state index contributed by atoms with van der Waals surface area (Å²) in [7, 11) is 0. The van der Waals surface area contributed by atoms with Gasteiger partial charge in [0.25, 0.3) is 0 Å². The molecule has 0 fully saturated rings. The van der Waals surface area contributed by atoms with Gasteiger partial charge in [0.1, 0.15) is 13.2 Å². The predicted octanol–water partition coefficient (Wildman–Crippen LogP) is 2.16. The normalized spacial score (nSPS) is 13.2. The van der Waals surface area contributed by atoms with Crippen LogP contribution in [0, 0.1) is 0 Å². The molecule has 116 valence electrons. The summed E-state index contributed by atoms with van der Waals surface area (Å²) in [6.45, 7) is 1.85. The largest absolute Gasteiger partial charge is 0.367 e. The number of rotatable bonds is 8. The maximum Gasteiger partial charge on any atom is 0.330 e. The second-order valence-corrected chi connectivity index (χ2v) is 5.15. The standard InChI is InChI=1S/C11H17F4N3O2/c1-10(2,16)4-3-8-17-7(18-20-8)5-19-6-11(14,15)9(12)13/h9H,3-6,16H2,1-2H3. The highest BCUT2D eigenvalue weighted by atomic mass is 19.3. The third-order valence-electron chi connectivity index (χ3n) is 2.34. The molecule has 0 aliphatic heterocycles. The van der Waals surface area contributed by atoms with Crippen LogP contribution in [0.2, 0.25) is 0 Å². The van der Waals surface area contributed by atoms with E-state index in [9.17, 15) is 17.6 Å². The van der Waals surface area contributed by atoms with Gasteiger partial charge in [-0.1, -0.05) is 5.16 Å². The lowest BCUT2D eigenvalue weighted by Crippen LogP contribution is -2.32. The number of nitrogens with two attached hydrogens (primary N) is 1. The minimum Gasteiger partial charge on any atom is -0.367 e. The SMILES string of the molecule is CC(C)(N)CCc1nc(COCC(F)(F)C(F)F)no1. The molecule has 0 aliphatic carbocycles. The van der Waals surface area contributed by atoms with Crippen LogP contribution < -0.4 is 5.73 Å². The van der Waals surface area contributed by atoms with Crippen molar-refractivity contribution in [3.05, 3.63) is 11.7 Å². The van der Waals surface area contributed by atoms with E-state index < -0.39 is 31.1 Å². The molecule has 0 spiro atoms. The maximum absolute atomic E-state index is 12.6. The lowest BCUT2D eigenvalue weighted by molar-refractivity contribution is -0.168. The predicted molar refractivity (Wildman–Crippen MR) is 61.5 cm³/mol. The smallest absolute Gasteiger partial charge is 0.330 e. The van der Waals surface area contributed by atoms with Crippen LogP contribution in [-0.2, 0) is 17.8 Å². The molecule has 0 atom stereocenters. The molecule has 1 aromatic heterocycles. The molecule has 1 aromatic rings. The molecule has 20 heavy (non-hydrogen) atoms. The fourth-order valence-electron chi connectivity index (χ4n) is 1.22.